The highest BCUT2D eigenvalue weighted by Crippen LogP contribution is 2.23. The maximum atomic E-state index is 12.7. The number of hydrogen-bond acceptors (Lipinski definition) is 6. The van der Waals surface area contributed by atoms with Crippen LogP contribution in [0, 0.1) is 11.3 Å². The van der Waals surface area contributed by atoms with Crippen molar-refractivity contribution >= 4 is 32.0 Å². The van der Waals surface area contributed by atoms with Gasteiger partial charge in [-0.05, 0) is 27.8 Å². The summed E-state index contributed by atoms with van der Waals surface area (Å²) in [6.07, 6.45) is -0.481. The number of nitrogens with zero attached hydrogens (tertiary/aromatic N) is 3. The molecule has 1 heterocycles. The Morgan fingerprint density at radius 2 is 2.08 bits per heavy atom. The number of carbonyl (C=O) groups excluding carboxylic acids is 1. The maximum Gasteiger partial charge on any atom is 0.410 e. The molecule has 1 amide bonds. The molecule has 0 aliphatic carbocycles. The number of sulfonamides is 1. The number of amides is 1. The molecule has 2 atom stereocenters. The average Bonchev–Trinajstić information content (AvgIpc) is 2.45. The third-order valence-corrected chi connectivity index (χ3v) is 7.11. The van der Waals surface area contributed by atoms with Gasteiger partial charge in [0, 0.05) is 26.2 Å². The SMILES string of the molecule is CNCC(Br)S(=O)(=O)N1CCN(C(=O)OC(C)(C)C)C[C@@H]1CC#N. The van der Waals surface area contributed by atoms with Crippen molar-refractivity contribution in [3.05, 3.63) is 0 Å². The van der Waals surface area contributed by atoms with Gasteiger partial charge in [0.05, 0.1) is 18.5 Å². The van der Waals surface area contributed by atoms with Gasteiger partial charge in [-0.3, -0.25) is 0 Å². The number of nitrogens with one attached hydrogen (secondary N) is 1. The molecule has 0 aromatic carbocycles. The van der Waals surface area contributed by atoms with E-state index in [0.29, 0.717) is 0 Å². The van der Waals surface area contributed by atoms with Crippen molar-refractivity contribution in [3.63, 3.8) is 0 Å². The quantitative estimate of drug-likeness (QED) is 0.662. The number of rotatable bonds is 5. The Labute approximate surface area is 152 Å². The molecule has 0 bridgehead atoms. The first-order valence-electron chi connectivity index (χ1n) is 7.67. The van der Waals surface area contributed by atoms with Crippen LogP contribution < -0.4 is 5.32 Å². The summed E-state index contributed by atoms with van der Waals surface area (Å²) in [6, 6.07) is 1.42. The van der Waals surface area contributed by atoms with Gasteiger partial charge in [0.2, 0.25) is 10.0 Å². The molecular weight excluding hydrogens is 400 g/mol. The monoisotopic (exact) mass is 424 g/mol. The number of ether oxygens (including phenoxy) is 1. The lowest BCUT2D eigenvalue weighted by Crippen LogP contribution is -2.58. The Morgan fingerprint density at radius 3 is 2.58 bits per heavy atom. The highest BCUT2D eigenvalue weighted by molar-refractivity contribution is 9.11. The first kappa shape index (κ1) is 21.2. The predicted molar refractivity (Wildman–Crippen MR) is 94.1 cm³/mol. The molecule has 0 radical (unpaired) electrons. The molecule has 1 aliphatic heterocycles. The minimum Gasteiger partial charge on any atom is -0.444 e. The number of halogens is 1. The zero-order valence-electron chi connectivity index (χ0n) is 14.5. The van der Waals surface area contributed by atoms with E-state index in [2.05, 4.69) is 21.2 Å². The highest BCUT2D eigenvalue weighted by atomic mass is 79.9. The molecule has 1 N–H and O–H groups in total. The lowest BCUT2D eigenvalue weighted by Gasteiger charge is -2.40. The summed E-state index contributed by atoms with van der Waals surface area (Å²) in [5.41, 5.74) is -0.626. The first-order chi connectivity index (χ1) is 11.0. The minimum absolute atomic E-state index is 0.0117. The van der Waals surface area contributed by atoms with E-state index < -0.39 is 31.9 Å². The van der Waals surface area contributed by atoms with E-state index in [1.54, 1.807) is 27.8 Å². The van der Waals surface area contributed by atoms with Crippen LogP contribution in [0.3, 0.4) is 0 Å². The van der Waals surface area contributed by atoms with Crippen molar-refractivity contribution < 1.29 is 17.9 Å². The Bertz CT molecular complexity index is 585. The second-order valence-electron chi connectivity index (χ2n) is 6.57. The van der Waals surface area contributed by atoms with Gasteiger partial charge in [-0.15, -0.1) is 0 Å². The summed E-state index contributed by atoms with van der Waals surface area (Å²) in [5.74, 6) is 0. The number of hydrogen-bond donors (Lipinski definition) is 1. The van der Waals surface area contributed by atoms with Gasteiger partial charge in [0.15, 0.2) is 0 Å². The zero-order valence-corrected chi connectivity index (χ0v) is 16.9. The van der Waals surface area contributed by atoms with Gasteiger partial charge in [-0.1, -0.05) is 15.9 Å². The molecule has 0 aromatic heterocycles. The maximum absolute atomic E-state index is 12.7. The van der Waals surface area contributed by atoms with E-state index in [-0.39, 0.29) is 32.6 Å². The largest absolute Gasteiger partial charge is 0.444 e. The van der Waals surface area contributed by atoms with E-state index >= 15 is 0 Å². The van der Waals surface area contributed by atoms with Crippen LogP contribution in [0.4, 0.5) is 4.79 Å². The molecule has 8 nitrogen and oxygen atoms in total. The first-order valence-corrected chi connectivity index (χ1v) is 10.1. The summed E-state index contributed by atoms with van der Waals surface area (Å²) in [5, 5.41) is 11.8. The number of carbonyl (C=O) groups is 1. The van der Waals surface area contributed by atoms with E-state index in [1.165, 1.54) is 9.21 Å². The fourth-order valence-electron chi connectivity index (χ4n) is 2.35. The molecule has 1 unspecified atom stereocenters. The van der Waals surface area contributed by atoms with Gasteiger partial charge in [0.25, 0.3) is 0 Å². The van der Waals surface area contributed by atoms with Crippen molar-refractivity contribution in [2.24, 2.45) is 0 Å². The Morgan fingerprint density at radius 1 is 1.46 bits per heavy atom. The second kappa shape index (κ2) is 8.47. The third-order valence-electron chi connectivity index (χ3n) is 3.42. The van der Waals surface area contributed by atoms with Crippen molar-refractivity contribution in [1.29, 1.82) is 5.26 Å². The summed E-state index contributed by atoms with van der Waals surface area (Å²) >= 11 is 3.18. The third kappa shape index (κ3) is 5.58. The molecule has 1 rings (SSSR count). The van der Waals surface area contributed by atoms with Crippen LogP contribution in [0.5, 0.6) is 0 Å². The Hall–Kier alpha value is -0.890. The number of alkyl halides is 1. The summed E-state index contributed by atoms with van der Waals surface area (Å²) < 4.78 is 31.2. The van der Waals surface area contributed by atoms with Crippen LogP contribution in [-0.4, -0.2) is 72.7 Å². The predicted octanol–water partition coefficient (Wildman–Crippen LogP) is 1.09. The smallest absolute Gasteiger partial charge is 0.410 e. The van der Waals surface area contributed by atoms with Gasteiger partial charge in [-0.2, -0.15) is 9.57 Å². The van der Waals surface area contributed by atoms with Crippen LogP contribution >= 0.6 is 15.9 Å². The summed E-state index contributed by atoms with van der Waals surface area (Å²) in [7, 11) is -1.96. The van der Waals surface area contributed by atoms with Crippen molar-refractivity contribution in [2.45, 2.75) is 43.0 Å². The summed E-state index contributed by atoms with van der Waals surface area (Å²) in [6.45, 7) is 6.06. The van der Waals surface area contributed by atoms with Crippen LogP contribution in [0.25, 0.3) is 0 Å². The number of nitriles is 1. The minimum atomic E-state index is -3.62. The summed E-state index contributed by atoms with van der Waals surface area (Å²) in [4.78, 5) is 13.6. The fourth-order valence-corrected chi connectivity index (χ4v) is 4.88. The molecule has 1 aliphatic rings. The molecular formula is C14H25BrN4O4S. The van der Waals surface area contributed by atoms with Crippen LogP contribution in [-0.2, 0) is 14.8 Å². The molecule has 0 saturated carbocycles. The standard InChI is InChI=1S/C14H25BrN4O4S/c1-14(2,3)23-13(20)18-7-8-19(11(10-18)5-6-16)24(21,22)12(15)9-17-4/h11-12,17H,5,7-10H2,1-4H3/t11-,12?/m0/s1. The molecule has 0 spiro atoms. The molecule has 0 aromatic rings. The van der Waals surface area contributed by atoms with Gasteiger partial charge in [0.1, 0.15) is 9.76 Å². The van der Waals surface area contributed by atoms with E-state index in [0.717, 1.165) is 0 Å². The van der Waals surface area contributed by atoms with E-state index in [4.69, 9.17) is 10.00 Å². The normalized spacial score (nSPS) is 21.2. The molecule has 24 heavy (non-hydrogen) atoms. The molecule has 138 valence electrons. The molecule has 1 saturated heterocycles. The lowest BCUT2D eigenvalue weighted by atomic mass is 10.1. The van der Waals surface area contributed by atoms with Gasteiger partial charge >= 0.3 is 6.09 Å². The van der Waals surface area contributed by atoms with E-state index in [9.17, 15) is 13.2 Å². The average molecular weight is 425 g/mol. The van der Waals surface area contributed by atoms with Crippen LogP contribution in [0.15, 0.2) is 0 Å². The Balaban J connectivity index is 2.90. The lowest BCUT2D eigenvalue weighted by molar-refractivity contribution is 0.0135. The van der Waals surface area contributed by atoms with Crippen molar-refractivity contribution in [3.8, 4) is 6.07 Å². The second-order valence-corrected chi connectivity index (χ2v) is 10.3. The van der Waals surface area contributed by atoms with Crippen molar-refractivity contribution in [2.75, 3.05) is 33.2 Å². The van der Waals surface area contributed by atoms with Gasteiger partial charge < -0.3 is 15.0 Å². The number of piperazine rings is 1. The van der Waals surface area contributed by atoms with Crippen molar-refractivity contribution in [1.82, 2.24) is 14.5 Å². The fraction of sp³-hybridized carbons (Fsp3) is 0.857. The van der Waals surface area contributed by atoms with Gasteiger partial charge in [-0.25, -0.2) is 13.2 Å². The Kier molecular flexibility index (Phi) is 7.46. The van der Waals surface area contributed by atoms with E-state index in [1.807, 2.05) is 6.07 Å². The highest BCUT2D eigenvalue weighted by Gasteiger charge is 2.40. The van der Waals surface area contributed by atoms with Crippen LogP contribution in [0.1, 0.15) is 27.2 Å². The van der Waals surface area contributed by atoms with Crippen LogP contribution in [0.2, 0.25) is 0 Å². The zero-order chi connectivity index (χ0) is 18.5. The topological polar surface area (TPSA) is 103 Å². The molecule has 1 fully saturated rings. The molecule has 10 heteroatoms.